The molecule has 0 unspecified atom stereocenters. The van der Waals surface area contributed by atoms with E-state index >= 15 is 0 Å². The lowest BCUT2D eigenvalue weighted by Gasteiger charge is -2.16. The van der Waals surface area contributed by atoms with Gasteiger partial charge in [0.1, 0.15) is 11.6 Å². The Balaban J connectivity index is 1.62. The second kappa shape index (κ2) is 7.16. The molecule has 1 heterocycles. The predicted molar refractivity (Wildman–Crippen MR) is 85.3 cm³/mol. The van der Waals surface area contributed by atoms with Gasteiger partial charge < -0.3 is 10.1 Å². The Labute approximate surface area is 142 Å². The molecule has 1 aliphatic carbocycles. The fourth-order valence-corrected chi connectivity index (χ4v) is 3.00. The highest BCUT2D eigenvalue weighted by molar-refractivity contribution is 5.91. The van der Waals surface area contributed by atoms with Gasteiger partial charge in [0.05, 0.1) is 17.8 Å². The van der Waals surface area contributed by atoms with Crippen LogP contribution in [-0.2, 0) is 11.0 Å². The van der Waals surface area contributed by atoms with Crippen LogP contribution >= 0.6 is 0 Å². The Morgan fingerprint density at radius 2 is 1.96 bits per heavy atom. The van der Waals surface area contributed by atoms with Crippen molar-refractivity contribution in [3.63, 3.8) is 0 Å². The highest BCUT2D eigenvalue weighted by Crippen LogP contribution is 2.36. The maximum Gasteiger partial charge on any atom is 0.419 e. The molecule has 0 bridgehead atoms. The lowest BCUT2D eigenvalue weighted by Crippen LogP contribution is -2.23. The summed E-state index contributed by atoms with van der Waals surface area (Å²) in [4.78, 5) is 12.1. The van der Waals surface area contributed by atoms with Gasteiger partial charge in [0.15, 0.2) is 6.61 Å². The zero-order valence-electron chi connectivity index (χ0n) is 13.4. The maximum atomic E-state index is 12.9. The Morgan fingerprint density at radius 3 is 2.68 bits per heavy atom. The molecule has 1 amide bonds. The van der Waals surface area contributed by atoms with E-state index in [0.29, 0.717) is 5.82 Å². The second-order valence-corrected chi connectivity index (χ2v) is 5.93. The number of nitrogens with one attached hydrogen (secondary N) is 1. The van der Waals surface area contributed by atoms with Crippen molar-refractivity contribution in [2.24, 2.45) is 0 Å². The first-order chi connectivity index (χ1) is 11.9. The molecule has 0 saturated heterocycles. The van der Waals surface area contributed by atoms with E-state index in [-0.39, 0.29) is 11.8 Å². The Morgan fingerprint density at radius 1 is 1.24 bits per heavy atom. The number of aromatic nitrogens is 2. The molecule has 1 aromatic heterocycles. The van der Waals surface area contributed by atoms with Gasteiger partial charge in [-0.05, 0) is 25.0 Å². The van der Waals surface area contributed by atoms with E-state index in [4.69, 9.17) is 4.74 Å². The quantitative estimate of drug-likeness (QED) is 0.883. The molecule has 1 saturated carbocycles. The van der Waals surface area contributed by atoms with Gasteiger partial charge in [0.2, 0.25) is 0 Å². The van der Waals surface area contributed by atoms with Crippen LogP contribution in [0.2, 0.25) is 0 Å². The standard InChI is InChI=1S/C17H18F3N3O2/c18-17(19,20)13-7-3-4-8-14(13)25-11-16(24)22-15-9-10-21-23(15)12-5-1-2-6-12/h3-4,7-10,12H,1-2,5-6,11H2,(H,22,24). The van der Waals surface area contributed by atoms with Crippen LogP contribution in [0.5, 0.6) is 5.75 Å². The van der Waals surface area contributed by atoms with Crippen LogP contribution < -0.4 is 10.1 Å². The molecule has 1 aliphatic rings. The van der Waals surface area contributed by atoms with Gasteiger partial charge in [-0.15, -0.1) is 0 Å². The van der Waals surface area contributed by atoms with Crippen molar-refractivity contribution in [2.75, 3.05) is 11.9 Å². The molecular formula is C17H18F3N3O2. The molecule has 0 spiro atoms. The number of carbonyl (C=O) groups excluding carboxylic acids is 1. The zero-order chi connectivity index (χ0) is 17.9. The lowest BCUT2D eigenvalue weighted by molar-refractivity contribution is -0.139. The van der Waals surface area contributed by atoms with E-state index in [1.807, 2.05) is 0 Å². The van der Waals surface area contributed by atoms with Crippen LogP contribution in [0.3, 0.4) is 0 Å². The molecule has 3 rings (SSSR count). The average Bonchev–Trinajstić information content (AvgIpc) is 3.23. The van der Waals surface area contributed by atoms with Gasteiger partial charge in [-0.3, -0.25) is 4.79 Å². The second-order valence-electron chi connectivity index (χ2n) is 5.93. The molecule has 1 fully saturated rings. The largest absolute Gasteiger partial charge is 0.483 e. The summed E-state index contributed by atoms with van der Waals surface area (Å²) in [6, 6.07) is 6.73. The van der Waals surface area contributed by atoms with Crippen LogP contribution in [0.1, 0.15) is 37.3 Å². The van der Waals surface area contributed by atoms with Crippen LogP contribution in [-0.4, -0.2) is 22.3 Å². The minimum Gasteiger partial charge on any atom is -0.483 e. The SMILES string of the molecule is O=C(COc1ccccc1C(F)(F)F)Nc1ccnn1C1CCCC1. The topological polar surface area (TPSA) is 56.1 Å². The normalized spacial score (nSPS) is 15.3. The summed E-state index contributed by atoms with van der Waals surface area (Å²) >= 11 is 0. The molecule has 1 aromatic carbocycles. The van der Waals surface area contributed by atoms with Gasteiger partial charge in [0, 0.05) is 6.07 Å². The summed E-state index contributed by atoms with van der Waals surface area (Å²) < 4.78 is 45.6. The molecule has 25 heavy (non-hydrogen) atoms. The van der Waals surface area contributed by atoms with Crippen LogP contribution in [0.4, 0.5) is 19.0 Å². The molecular weight excluding hydrogens is 335 g/mol. The number of hydrogen-bond donors (Lipinski definition) is 1. The van der Waals surface area contributed by atoms with E-state index in [9.17, 15) is 18.0 Å². The van der Waals surface area contributed by atoms with Crippen molar-refractivity contribution in [2.45, 2.75) is 37.9 Å². The number of carbonyl (C=O) groups is 1. The number of amides is 1. The average molecular weight is 353 g/mol. The highest BCUT2D eigenvalue weighted by atomic mass is 19.4. The van der Waals surface area contributed by atoms with Gasteiger partial charge in [-0.1, -0.05) is 25.0 Å². The van der Waals surface area contributed by atoms with E-state index in [1.165, 1.54) is 18.2 Å². The number of para-hydroxylation sites is 1. The molecule has 0 radical (unpaired) electrons. The summed E-state index contributed by atoms with van der Waals surface area (Å²) in [5, 5.41) is 6.88. The Hall–Kier alpha value is -2.51. The van der Waals surface area contributed by atoms with E-state index in [1.54, 1.807) is 16.9 Å². The molecule has 5 nitrogen and oxygen atoms in total. The third-order valence-electron chi connectivity index (χ3n) is 4.16. The zero-order valence-corrected chi connectivity index (χ0v) is 13.4. The number of rotatable bonds is 5. The summed E-state index contributed by atoms with van der Waals surface area (Å²) in [7, 11) is 0. The van der Waals surface area contributed by atoms with Gasteiger partial charge in [0.25, 0.3) is 5.91 Å². The number of nitrogens with zero attached hydrogens (tertiary/aromatic N) is 2. The molecule has 8 heteroatoms. The number of hydrogen-bond acceptors (Lipinski definition) is 3. The van der Waals surface area contributed by atoms with Crippen molar-refractivity contribution >= 4 is 11.7 Å². The third-order valence-corrected chi connectivity index (χ3v) is 4.16. The number of alkyl halides is 3. The minimum absolute atomic E-state index is 0.247. The molecule has 0 atom stereocenters. The summed E-state index contributed by atoms with van der Waals surface area (Å²) in [6.45, 7) is -0.511. The molecule has 134 valence electrons. The first-order valence-corrected chi connectivity index (χ1v) is 8.07. The smallest absolute Gasteiger partial charge is 0.419 e. The Kier molecular flexibility index (Phi) is 4.96. The van der Waals surface area contributed by atoms with Crippen LogP contribution in [0, 0.1) is 0 Å². The fraction of sp³-hybridized carbons (Fsp3) is 0.412. The van der Waals surface area contributed by atoms with Crippen molar-refractivity contribution in [1.82, 2.24) is 9.78 Å². The highest BCUT2D eigenvalue weighted by Gasteiger charge is 2.34. The first-order valence-electron chi connectivity index (χ1n) is 8.07. The number of halogens is 3. The van der Waals surface area contributed by atoms with Crippen LogP contribution in [0.15, 0.2) is 36.5 Å². The molecule has 2 aromatic rings. The van der Waals surface area contributed by atoms with Crippen molar-refractivity contribution in [1.29, 1.82) is 0 Å². The van der Waals surface area contributed by atoms with Crippen molar-refractivity contribution < 1.29 is 22.7 Å². The van der Waals surface area contributed by atoms with Gasteiger partial charge in [-0.2, -0.15) is 18.3 Å². The Bertz CT molecular complexity index is 737. The van der Waals surface area contributed by atoms with Gasteiger partial charge >= 0.3 is 6.18 Å². The number of benzene rings is 1. The molecule has 0 aliphatic heterocycles. The fourth-order valence-electron chi connectivity index (χ4n) is 3.00. The van der Waals surface area contributed by atoms with E-state index in [0.717, 1.165) is 31.7 Å². The maximum absolute atomic E-state index is 12.9. The minimum atomic E-state index is -4.53. The van der Waals surface area contributed by atoms with Crippen LogP contribution in [0.25, 0.3) is 0 Å². The van der Waals surface area contributed by atoms with Gasteiger partial charge in [-0.25, -0.2) is 4.68 Å². The monoisotopic (exact) mass is 353 g/mol. The van der Waals surface area contributed by atoms with Crippen molar-refractivity contribution in [3.05, 3.63) is 42.1 Å². The predicted octanol–water partition coefficient (Wildman–Crippen LogP) is 4.03. The van der Waals surface area contributed by atoms with E-state index in [2.05, 4.69) is 10.4 Å². The van der Waals surface area contributed by atoms with E-state index < -0.39 is 24.3 Å². The summed E-state index contributed by atoms with van der Waals surface area (Å²) in [5.74, 6) is -0.365. The lowest BCUT2D eigenvalue weighted by atomic mass is 10.2. The summed E-state index contributed by atoms with van der Waals surface area (Å²) in [5.41, 5.74) is -0.904. The summed E-state index contributed by atoms with van der Waals surface area (Å²) in [6.07, 6.45) is 1.30. The van der Waals surface area contributed by atoms with Crippen molar-refractivity contribution in [3.8, 4) is 5.75 Å². The number of anilines is 1. The number of ether oxygens (including phenoxy) is 1. The molecule has 1 N–H and O–H groups in total. The first kappa shape index (κ1) is 17.3. The third kappa shape index (κ3) is 4.12.